The fraction of sp³-hybridized carbons (Fsp3) is 0.750. The Kier molecular flexibility index (Phi) is 5.21. The minimum absolute atomic E-state index is 0.0609. The van der Waals surface area contributed by atoms with Crippen LogP contribution in [0.4, 0.5) is 0 Å². The highest BCUT2D eigenvalue weighted by Gasteiger charge is 2.33. The first-order chi connectivity index (χ1) is 9.61. The second-order valence-electron chi connectivity index (χ2n) is 6.11. The Morgan fingerprint density at radius 1 is 0.600 bits per heavy atom. The van der Waals surface area contributed by atoms with Crippen molar-refractivity contribution >= 4 is 11.9 Å². The molecule has 112 valence electrons. The van der Waals surface area contributed by atoms with Crippen LogP contribution in [0.1, 0.15) is 64.2 Å². The number of hydrogen-bond donors (Lipinski definition) is 2. The smallest absolute Gasteiger partial charge is 0.332 e. The molecule has 20 heavy (non-hydrogen) atoms. The summed E-state index contributed by atoms with van der Waals surface area (Å²) in [4.78, 5) is 23.3. The zero-order valence-electron chi connectivity index (χ0n) is 11.9. The number of rotatable bonds is 4. The van der Waals surface area contributed by atoms with Crippen LogP contribution in [0.3, 0.4) is 0 Å². The third kappa shape index (κ3) is 3.41. The summed E-state index contributed by atoms with van der Waals surface area (Å²) in [7, 11) is 0. The minimum Gasteiger partial charge on any atom is -0.478 e. The maximum atomic E-state index is 11.7. The van der Waals surface area contributed by atoms with Crippen LogP contribution in [-0.2, 0) is 9.59 Å². The van der Waals surface area contributed by atoms with E-state index in [-0.39, 0.29) is 23.0 Å². The van der Waals surface area contributed by atoms with Crippen LogP contribution in [-0.4, -0.2) is 22.2 Å². The van der Waals surface area contributed by atoms with Gasteiger partial charge in [-0.1, -0.05) is 38.5 Å². The van der Waals surface area contributed by atoms with Crippen LogP contribution < -0.4 is 0 Å². The summed E-state index contributed by atoms with van der Waals surface area (Å²) in [5.41, 5.74) is 0.424. The van der Waals surface area contributed by atoms with Crippen molar-refractivity contribution in [3.8, 4) is 0 Å². The summed E-state index contributed by atoms with van der Waals surface area (Å²) in [5.74, 6) is -2.15. The quantitative estimate of drug-likeness (QED) is 0.771. The highest BCUT2D eigenvalue weighted by Crippen LogP contribution is 2.37. The van der Waals surface area contributed by atoms with Crippen LogP contribution in [0.25, 0.3) is 0 Å². The molecule has 0 radical (unpaired) electrons. The number of carboxylic acids is 2. The van der Waals surface area contributed by atoms with Gasteiger partial charge in [-0.3, -0.25) is 0 Å². The molecular formula is C16H24O4. The highest BCUT2D eigenvalue weighted by atomic mass is 16.4. The Balaban J connectivity index is 2.35. The fourth-order valence-electron chi connectivity index (χ4n) is 3.80. The van der Waals surface area contributed by atoms with Crippen molar-refractivity contribution < 1.29 is 19.8 Å². The van der Waals surface area contributed by atoms with Crippen LogP contribution in [0.2, 0.25) is 0 Å². The molecule has 2 aliphatic rings. The Morgan fingerprint density at radius 2 is 0.900 bits per heavy atom. The lowest BCUT2D eigenvalue weighted by Gasteiger charge is -2.28. The molecule has 0 atom stereocenters. The maximum Gasteiger partial charge on any atom is 0.332 e. The maximum absolute atomic E-state index is 11.7. The average Bonchev–Trinajstić information content (AvgIpc) is 2.45. The van der Waals surface area contributed by atoms with Gasteiger partial charge in [0.15, 0.2) is 0 Å². The van der Waals surface area contributed by atoms with Crippen molar-refractivity contribution in [3.63, 3.8) is 0 Å². The van der Waals surface area contributed by atoms with Gasteiger partial charge in [0.2, 0.25) is 0 Å². The van der Waals surface area contributed by atoms with Crippen LogP contribution in [0, 0.1) is 11.8 Å². The van der Waals surface area contributed by atoms with Crippen molar-refractivity contribution in [3.05, 3.63) is 11.1 Å². The van der Waals surface area contributed by atoms with Crippen molar-refractivity contribution in [1.29, 1.82) is 0 Å². The third-order valence-electron chi connectivity index (χ3n) is 4.78. The van der Waals surface area contributed by atoms with Crippen LogP contribution in [0.15, 0.2) is 11.1 Å². The summed E-state index contributed by atoms with van der Waals surface area (Å²) < 4.78 is 0. The van der Waals surface area contributed by atoms with Gasteiger partial charge in [-0.05, 0) is 37.5 Å². The molecule has 0 aromatic rings. The lowest BCUT2D eigenvalue weighted by molar-refractivity contribution is -0.137. The van der Waals surface area contributed by atoms with E-state index in [1.54, 1.807) is 0 Å². The molecule has 2 rings (SSSR count). The van der Waals surface area contributed by atoms with Gasteiger partial charge >= 0.3 is 11.9 Å². The molecule has 2 N–H and O–H groups in total. The van der Waals surface area contributed by atoms with E-state index in [4.69, 9.17) is 0 Å². The van der Waals surface area contributed by atoms with E-state index in [1.165, 1.54) is 0 Å². The first-order valence-electron chi connectivity index (χ1n) is 7.82. The average molecular weight is 280 g/mol. The second kappa shape index (κ2) is 6.91. The number of aliphatic carboxylic acids is 2. The topological polar surface area (TPSA) is 74.6 Å². The Bertz CT molecular complexity index is 361. The zero-order chi connectivity index (χ0) is 14.5. The first kappa shape index (κ1) is 15.1. The normalized spacial score (nSPS) is 23.2. The molecule has 0 unspecified atom stereocenters. The van der Waals surface area contributed by atoms with E-state index in [2.05, 4.69) is 0 Å². The monoisotopic (exact) mass is 280 g/mol. The predicted molar refractivity (Wildman–Crippen MR) is 75.4 cm³/mol. The molecule has 2 aliphatic carbocycles. The van der Waals surface area contributed by atoms with Gasteiger partial charge in [-0.2, -0.15) is 0 Å². The lowest BCUT2D eigenvalue weighted by atomic mass is 9.76. The third-order valence-corrected chi connectivity index (χ3v) is 4.78. The molecule has 0 spiro atoms. The second-order valence-corrected chi connectivity index (χ2v) is 6.11. The standard InChI is InChI=1S/C16H24O4/c17-15(18)13(11-7-3-1-4-8-11)14(16(19)20)12-9-5-2-6-10-12/h11-12H,1-10H2,(H,17,18)(H,19,20). The lowest BCUT2D eigenvalue weighted by Crippen LogP contribution is -2.25. The Hall–Kier alpha value is -1.32. The molecule has 0 aromatic carbocycles. The molecule has 0 aliphatic heterocycles. The van der Waals surface area contributed by atoms with Gasteiger partial charge < -0.3 is 10.2 Å². The van der Waals surface area contributed by atoms with Crippen molar-refractivity contribution in [2.75, 3.05) is 0 Å². The van der Waals surface area contributed by atoms with Gasteiger partial charge in [0.05, 0.1) is 11.1 Å². The van der Waals surface area contributed by atoms with Crippen LogP contribution >= 0.6 is 0 Å². The molecule has 0 amide bonds. The van der Waals surface area contributed by atoms with Crippen LogP contribution in [0.5, 0.6) is 0 Å². The molecule has 0 aromatic heterocycles. The van der Waals surface area contributed by atoms with E-state index in [0.29, 0.717) is 0 Å². The minimum atomic E-state index is -1.01. The van der Waals surface area contributed by atoms with Crippen molar-refractivity contribution in [2.45, 2.75) is 64.2 Å². The Labute approximate surface area is 119 Å². The molecule has 2 saturated carbocycles. The van der Waals surface area contributed by atoms with Gasteiger partial charge in [0.1, 0.15) is 0 Å². The van der Waals surface area contributed by atoms with E-state index in [0.717, 1.165) is 64.2 Å². The molecule has 0 saturated heterocycles. The van der Waals surface area contributed by atoms with Gasteiger partial charge in [-0.25, -0.2) is 9.59 Å². The fourth-order valence-corrected chi connectivity index (χ4v) is 3.80. The summed E-state index contributed by atoms with van der Waals surface area (Å²) in [6, 6.07) is 0. The first-order valence-corrected chi connectivity index (χ1v) is 7.82. The molecule has 0 bridgehead atoms. The van der Waals surface area contributed by atoms with Crippen molar-refractivity contribution in [1.82, 2.24) is 0 Å². The van der Waals surface area contributed by atoms with E-state index >= 15 is 0 Å². The van der Waals surface area contributed by atoms with Gasteiger partial charge in [-0.15, -0.1) is 0 Å². The van der Waals surface area contributed by atoms with Crippen molar-refractivity contribution in [2.24, 2.45) is 11.8 Å². The summed E-state index contributed by atoms with van der Waals surface area (Å²) >= 11 is 0. The largest absolute Gasteiger partial charge is 0.478 e. The molecular weight excluding hydrogens is 256 g/mol. The SMILES string of the molecule is O=C(O)C(=C(C(=O)O)C1CCCCC1)C1CCCCC1. The molecule has 4 heteroatoms. The number of carboxylic acid groups (broad SMARTS) is 2. The molecule has 0 heterocycles. The Morgan fingerprint density at radius 3 is 1.15 bits per heavy atom. The number of hydrogen-bond acceptors (Lipinski definition) is 2. The summed E-state index contributed by atoms with van der Waals surface area (Å²) in [6.45, 7) is 0. The summed E-state index contributed by atoms with van der Waals surface area (Å²) in [6.07, 6.45) is 9.62. The predicted octanol–water partition coefficient (Wildman–Crippen LogP) is 3.61. The summed E-state index contributed by atoms with van der Waals surface area (Å²) in [5, 5.41) is 19.1. The van der Waals surface area contributed by atoms with E-state index in [9.17, 15) is 19.8 Å². The number of carbonyl (C=O) groups is 2. The highest BCUT2D eigenvalue weighted by molar-refractivity contribution is 5.99. The molecule has 2 fully saturated rings. The van der Waals surface area contributed by atoms with E-state index < -0.39 is 11.9 Å². The van der Waals surface area contributed by atoms with Gasteiger partial charge in [0.25, 0.3) is 0 Å². The van der Waals surface area contributed by atoms with Gasteiger partial charge in [0, 0.05) is 0 Å². The zero-order valence-corrected chi connectivity index (χ0v) is 11.9. The van der Waals surface area contributed by atoms with E-state index in [1.807, 2.05) is 0 Å². The molecule has 4 nitrogen and oxygen atoms in total.